The first kappa shape index (κ1) is 11.6. The van der Waals surface area contributed by atoms with Crippen molar-refractivity contribution in [3.05, 3.63) is 21.9 Å². The number of pyridine rings is 1. The van der Waals surface area contributed by atoms with Gasteiger partial charge in [0.2, 0.25) is 5.91 Å². The van der Waals surface area contributed by atoms with Crippen molar-refractivity contribution in [1.82, 2.24) is 10.3 Å². The van der Waals surface area contributed by atoms with Gasteiger partial charge in [0, 0.05) is 15.5 Å². The number of aromatic nitrogens is 1. The maximum Gasteiger partial charge on any atom is 0.279 e. The summed E-state index contributed by atoms with van der Waals surface area (Å²) in [6.45, 7) is 0. The van der Waals surface area contributed by atoms with Crippen LogP contribution in [0.1, 0.15) is 0 Å². The van der Waals surface area contributed by atoms with Gasteiger partial charge in [-0.15, -0.1) is 0 Å². The molecule has 1 saturated heterocycles. The Balaban J connectivity index is 1.97. The average Bonchev–Trinajstić information content (AvgIpc) is 2.68. The minimum absolute atomic E-state index is 0.157. The van der Waals surface area contributed by atoms with Crippen LogP contribution < -0.4 is 10.6 Å². The van der Waals surface area contributed by atoms with Crippen LogP contribution >= 0.6 is 34.4 Å². The summed E-state index contributed by atoms with van der Waals surface area (Å²) in [5, 5.41) is 5.06. The molecule has 1 aliphatic rings. The fourth-order valence-electron chi connectivity index (χ4n) is 1.19. The lowest BCUT2D eigenvalue weighted by Gasteiger charge is -2.09. The minimum Gasteiger partial charge on any atom is -0.334 e. The van der Waals surface area contributed by atoms with E-state index >= 15 is 0 Å². The molecule has 84 valence electrons. The van der Waals surface area contributed by atoms with Gasteiger partial charge in [0.25, 0.3) is 5.24 Å². The molecule has 2 amide bonds. The van der Waals surface area contributed by atoms with Crippen molar-refractivity contribution in [3.63, 3.8) is 0 Å². The second kappa shape index (κ2) is 5.00. The molecule has 1 atom stereocenters. The molecule has 0 aromatic carbocycles. The van der Waals surface area contributed by atoms with E-state index in [2.05, 4.69) is 38.2 Å². The van der Waals surface area contributed by atoms with Gasteiger partial charge >= 0.3 is 0 Å². The first-order valence-electron chi connectivity index (χ1n) is 4.51. The lowest BCUT2D eigenvalue weighted by atomic mass is 10.3. The molecular weight excluding hydrogens is 341 g/mol. The number of rotatable bonds is 2. The van der Waals surface area contributed by atoms with Crippen molar-refractivity contribution >= 4 is 51.3 Å². The zero-order valence-electron chi connectivity index (χ0n) is 8.07. The van der Waals surface area contributed by atoms with Gasteiger partial charge in [-0.3, -0.25) is 9.59 Å². The van der Waals surface area contributed by atoms with Crippen molar-refractivity contribution in [2.45, 2.75) is 6.04 Å². The molecule has 0 radical (unpaired) electrons. The van der Waals surface area contributed by atoms with Crippen molar-refractivity contribution < 1.29 is 9.59 Å². The monoisotopic (exact) mass is 349 g/mol. The predicted octanol–water partition coefficient (Wildman–Crippen LogP) is 1.45. The van der Waals surface area contributed by atoms with E-state index < -0.39 is 6.04 Å². The number of nitrogens with zero attached hydrogens (tertiary/aromatic N) is 1. The molecule has 16 heavy (non-hydrogen) atoms. The lowest BCUT2D eigenvalue weighted by molar-refractivity contribution is -0.117. The highest BCUT2D eigenvalue weighted by Gasteiger charge is 2.28. The number of hydrogen-bond acceptors (Lipinski definition) is 4. The standard InChI is InChI=1S/C9H8IN3O2S/c10-5-1-2-7(11-3-5)13-8(14)6-4-16-9(15)12-6/h1-3,6H,4H2,(H,12,15)(H,11,13,14). The third-order valence-corrected chi connectivity index (χ3v) is 3.49. The Labute approximate surface area is 110 Å². The summed E-state index contributed by atoms with van der Waals surface area (Å²) in [7, 11) is 0. The molecule has 0 spiro atoms. The molecule has 5 nitrogen and oxygen atoms in total. The Morgan fingerprint density at radius 1 is 1.62 bits per heavy atom. The second-order valence-electron chi connectivity index (χ2n) is 3.15. The maximum atomic E-state index is 11.7. The van der Waals surface area contributed by atoms with Gasteiger partial charge in [0.1, 0.15) is 11.9 Å². The van der Waals surface area contributed by atoms with E-state index in [1.165, 1.54) is 0 Å². The number of amides is 2. The highest BCUT2D eigenvalue weighted by atomic mass is 127. The first-order chi connectivity index (χ1) is 7.65. The van der Waals surface area contributed by atoms with Crippen LogP contribution in [-0.4, -0.2) is 27.9 Å². The summed E-state index contributed by atoms with van der Waals surface area (Å²) >= 11 is 3.25. The van der Waals surface area contributed by atoms with Crippen molar-refractivity contribution in [2.75, 3.05) is 11.1 Å². The Morgan fingerprint density at radius 3 is 3.00 bits per heavy atom. The fraction of sp³-hybridized carbons (Fsp3) is 0.222. The number of halogens is 1. The van der Waals surface area contributed by atoms with Gasteiger partial charge < -0.3 is 10.6 Å². The number of anilines is 1. The van der Waals surface area contributed by atoms with Gasteiger partial charge in [-0.25, -0.2) is 4.98 Å². The van der Waals surface area contributed by atoms with Crippen LogP contribution in [-0.2, 0) is 4.79 Å². The SMILES string of the molecule is O=C1NC(C(=O)Nc2ccc(I)cn2)CS1. The van der Waals surface area contributed by atoms with Crippen LogP contribution in [0.3, 0.4) is 0 Å². The molecule has 1 unspecified atom stereocenters. The topological polar surface area (TPSA) is 71.1 Å². The molecule has 0 bridgehead atoms. The largest absolute Gasteiger partial charge is 0.334 e. The third kappa shape index (κ3) is 2.85. The van der Waals surface area contributed by atoms with Gasteiger partial charge in [-0.2, -0.15) is 0 Å². The van der Waals surface area contributed by atoms with Crippen LogP contribution in [0.25, 0.3) is 0 Å². The van der Waals surface area contributed by atoms with Crippen LogP contribution in [0, 0.1) is 3.57 Å². The summed E-state index contributed by atoms with van der Waals surface area (Å²) in [5.41, 5.74) is 0. The molecule has 1 aliphatic heterocycles. The maximum absolute atomic E-state index is 11.7. The third-order valence-electron chi connectivity index (χ3n) is 1.97. The smallest absolute Gasteiger partial charge is 0.279 e. The molecule has 2 heterocycles. The van der Waals surface area contributed by atoms with E-state index in [0.29, 0.717) is 11.6 Å². The molecular formula is C9H8IN3O2S. The number of carbonyl (C=O) groups excluding carboxylic acids is 2. The van der Waals surface area contributed by atoms with E-state index in [1.807, 2.05) is 6.07 Å². The van der Waals surface area contributed by atoms with Crippen molar-refractivity contribution in [1.29, 1.82) is 0 Å². The zero-order valence-corrected chi connectivity index (χ0v) is 11.0. The molecule has 0 saturated carbocycles. The lowest BCUT2D eigenvalue weighted by Crippen LogP contribution is -2.38. The van der Waals surface area contributed by atoms with Gasteiger partial charge in [-0.05, 0) is 34.7 Å². The molecule has 7 heteroatoms. The average molecular weight is 349 g/mol. The number of carbonyl (C=O) groups is 2. The Bertz CT molecular complexity index is 423. The van der Waals surface area contributed by atoms with E-state index in [-0.39, 0.29) is 11.1 Å². The predicted molar refractivity (Wildman–Crippen MR) is 70.4 cm³/mol. The number of thioether (sulfide) groups is 1. The molecule has 0 aliphatic carbocycles. The summed E-state index contributed by atoms with van der Waals surface area (Å²) < 4.78 is 1.00. The molecule has 2 rings (SSSR count). The van der Waals surface area contributed by atoms with E-state index in [4.69, 9.17) is 0 Å². The molecule has 1 aromatic rings. The van der Waals surface area contributed by atoms with Gasteiger partial charge in [0.15, 0.2) is 0 Å². The molecule has 2 N–H and O–H groups in total. The van der Waals surface area contributed by atoms with Crippen LogP contribution in [0.4, 0.5) is 10.6 Å². The summed E-state index contributed by atoms with van der Waals surface area (Å²) in [6.07, 6.45) is 1.66. The van der Waals surface area contributed by atoms with Gasteiger partial charge in [-0.1, -0.05) is 11.8 Å². The van der Waals surface area contributed by atoms with Crippen LogP contribution in [0.5, 0.6) is 0 Å². The first-order valence-corrected chi connectivity index (χ1v) is 6.57. The molecule has 1 aromatic heterocycles. The summed E-state index contributed by atoms with van der Waals surface area (Å²) in [5.74, 6) is 0.735. The van der Waals surface area contributed by atoms with E-state index in [1.54, 1.807) is 12.3 Å². The Kier molecular flexibility index (Phi) is 3.64. The fourth-order valence-corrected chi connectivity index (χ4v) is 2.29. The number of nitrogens with one attached hydrogen (secondary N) is 2. The zero-order chi connectivity index (χ0) is 11.5. The van der Waals surface area contributed by atoms with E-state index in [0.717, 1.165) is 15.3 Å². The Hall–Kier alpha value is -0.830. The van der Waals surface area contributed by atoms with Crippen LogP contribution in [0.15, 0.2) is 18.3 Å². The van der Waals surface area contributed by atoms with E-state index in [9.17, 15) is 9.59 Å². The normalized spacial score (nSPS) is 19.3. The highest BCUT2D eigenvalue weighted by Crippen LogP contribution is 2.14. The number of hydrogen-bond donors (Lipinski definition) is 2. The quantitative estimate of drug-likeness (QED) is 0.793. The highest BCUT2D eigenvalue weighted by molar-refractivity contribution is 14.1. The van der Waals surface area contributed by atoms with Crippen molar-refractivity contribution in [3.8, 4) is 0 Å². The summed E-state index contributed by atoms with van der Waals surface area (Å²) in [6, 6.07) is 3.12. The second-order valence-corrected chi connectivity index (χ2v) is 5.38. The molecule has 1 fully saturated rings. The van der Waals surface area contributed by atoms with Gasteiger partial charge in [0.05, 0.1) is 0 Å². The summed E-state index contributed by atoms with van der Waals surface area (Å²) in [4.78, 5) is 26.6. The van der Waals surface area contributed by atoms with Crippen molar-refractivity contribution in [2.24, 2.45) is 0 Å². The minimum atomic E-state index is -0.460. The van der Waals surface area contributed by atoms with Crippen LogP contribution in [0.2, 0.25) is 0 Å². The Morgan fingerprint density at radius 2 is 2.44 bits per heavy atom.